The molecule has 0 saturated carbocycles. The summed E-state index contributed by atoms with van der Waals surface area (Å²) in [5.41, 5.74) is 4.72. The number of nitrogens with one attached hydrogen (secondary N) is 2. The van der Waals surface area contributed by atoms with Gasteiger partial charge in [0.25, 0.3) is 5.91 Å². The first-order chi connectivity index (χ1) is 15.8. The van der Waals surface area contributed by atoms with Crippen molar-refractivity contribution in [3.8, 4) is 11.6 Å². The zero-order valence-corrected chi connectivity index (χ0v) is 19.3. The van der Waals surface area contributed by atoms with Crippen LogP contribution in [-0.2, 0) is 0 Å². The first kappa shape index (κ1) is 22.6. The first-order valence-corrected chi connectivity index (χ1v) is 10.6. The van der Waals surface area contributed by atoms with Gasteiger partial charge in [-0.25, -0.2) is 4.98 Å². The van der Waals surface area contributed by atoms with Crippen LogP contribution in [0.15, 0.2) is 59.5 Å². The summed E-state index contributed by atoms with van der Waals surface area (Å²) < 4.78 is 6.52. The zero-order valence-electron chi connectivity index (χ0n) is 16.3. The topological polar surface area (TPSA) is 132 Å². The minimum absolute atomic E-state index is 0.106. The number of benzene rings is 2. The molecule has 0 fully saturated rings. The van der Waals surface area contributed by atoms with E-state index in [0.717, 1.165) is 16.2 Å². The molecular weight excluding hydrogens is 539 g/mol. The Bertz CT molecular complexity index is 1400. The van der Waals surface area contributed by atoms with Crippen LogP contribution >= 0.6 is 39.1 Å². The second kappa shape index (κ2) is 9.53. The molecule has 166 valence electrons. The quantitative estimate of drug-likeness (QED) is 0.236. The summed E-state index contributed by atoms with van der Waals surface area (Å²) >= 11 is 15.3. The monoisotopic (exact) mass is 548 g/mol. The average Bonchev–Trinajstić information content (AvgIpc) is 2.79. The average molecular weight is 550 g/mol. The summed E-state index contributed by atoms with van der Waals surface area (Å²) in [6.45, 7) is 0. The van der Waals surface area contributed by atoms with Gasteiger partial charge in [0, 0.05) is 21.1 Å². The molecular formula is C20H11BrCl2N6O4. The van der Waals surface area contributed by atoms with E-state index in [9.17, 15) is 14.9 Å². The number of aromatic nitrogens is 3. The van der Waals surface area contributed by atoms with E-state index in [2.05, 4.69) is 41.7 Å². The second-order valence-corrected chi connectivity index (χ2v) is 8.08. The Balaban J connectivity index is 1.64. The molecule has 10 nitrogen and oxygen atoms in total. The molecule has 4 aromatic rings. The van der Waals surface area contributed by atoms with Gasteiger partial charge in [-0.2, -0.15) is 4.98 Å². The summed E-state index contributed by atoms with van der Waals surface area (Å²) in [6.07, 6.45) is 2.63. The molecule has 13 heteroatoms. The number of carbonyl (C=O) groups excluding carboxylic acids is 1. The van der Waals surface area contributed by atoms with Crippen LogP contribution in [0.5, 0.6) is 11.6 Å². The van der Waals surface area contributed by atoms with E-state index in [4.69, 9.17) is 27.9 Å². The van der Waals surface area contributed by atoms with Gasteiger partial charge < -0.3 is 4.74 Å². The fourth-order valence-electron chi connectivity index (χ4n) is 2.85. The SMILES string of the molecule is O=C(NNc1ncnc(Oc2ccc(Br)c3cccnc23)c1[N+](=O)[O-])c1ccc(Cl)cc1Cl. The van der Waals surface area contributed by atoms with Crippen LogP contribution in [0.1, 0.15) is 10.4 Å². The fourth-order valence-corrected chi connectivity index (χ4v) is 3.80. The zero-order chi connectivity index (χ0) is 23.5. The summed E-state index contributed by atoms with van der Waals surface area (Å²) in [5, 5.41) is 13.0. The molecule has 2 aromatic carbocycles. The van der Waals surface area contributed by atoms with Gasteiger partial charge in [-0.05, 0) is 36.4 Å². The lowest BCUT2D eigenvalue weighted by Crippen LogP contribution is -2.30. The van der Waals surface area contributed by atoms with E-state index in [0.29, 0.717) is 10.5 Å². The van der Waals surface area contributed by atoms with Crippen molar-refractivity contribution in [1.82, 2.24) is 20.4 Å². The van der Waals surface area contributed by atoms with Gasteiger partial charge in [-0.3, -0.25) is 30.7 Å². The number of anilines is 1. The van der Waals surface area contributed by atoms with E-state index in [1.54, 1.807) is 24.4 Å². The van der Waals surface area contributed by atoms with Gasteiger partial charge in [0.2, 0.25) is 5.82 Å². The number of pyridine rings is 1. The number of hydrogen-bond donors (Lipinski definition) is 2. The highest BCUT2D eigenvalue weighted by Crippen LogP contribution is 2.37. The third kappa shape index (κ3) is 4.80. The number of hydrazine groups is 1. The number of carbonyl (C=O) groups is 1. The predicted molar refractivity (Wildman–Crippen MR) is 126 cm³/mol. The number of fused-ring (bicyclic) bond motifs is 1. The van der Waals surface area contributed by atoms with Crippen molar-refractivity contribution in [2.75, 3.05) is 5.43 Å². The third-order valence-electron chi connectivity index (χ3n) is 4.33. The lowest BCUT2D eigenvalue weighted by Gasteiger charge is -2.12. The van der Waals surface area contributed by atoms with Gasteiger partial charge in [-0.15, -0.1) is 0 Å². The van der Waals surface area contributed by atoms with Gasteiger partial charge in [0.15, 0.2) is 5.75 Å². The molecule has 4 rings (SSSR count). The highest BCUT2D eigenvalue weighted by atomic mass is 79.9. The minimum Gasteiger partial charge on any atom is -0.431 e. The Kier molecular flexibility index (Phi) is 6.54. The molecule has 0 aliphatic heterocycles. The van der Waals surface area contributed by atoms with E-state index < -0.39 is 16.5 Å². The van der Waals surface area contributed by atoms with Crippen LogP contribution in [-0.4, -0.2) is 25.8 Å². The Morgan fingerprint density at radius 1 is 1.12 bits per heavy atom. The van der Waals surface area contributed by atoms with E-state index >= 15 is 0 Å². The molecule has 0 unspecified atom stereocenters. The highest BCUT2D eigenvalue weighted by molar-refractivity contribution is 9.10. The summed E-state index contributed by atoms with van der Waals surface area (Å²) in [7, 11) is 0. The lowest BCUT2D eigenvalue weighted by atomic mass is 10.2. The van der Waals surface area contributed by atoms with E-state index in [1.807, 2.05) is 6.07 Å². The number of nitrogens with zero attached hydrogens (tertiary/aromatic N) is 4. The molecule has 0 bridgehead atoms. The van der Waals surface area contributed by atoms with Crippen molar-refractivity contribution in [2.45, 2.75) is 0 Å². The van der Waals surface area contributed by atoms with Gasteiger partial charge in [0.1, 0.15) is 11.8 Å². The minimum atomic E-state index is -0.729. The molecule has 0 atom stereocenters. The summed E-state index contributed by atoms with van der Waals surface area (Å²) in [4.78, 5) is 35.5. The number of halogens is 3. The number of rotatable bonds is 6. The largest absolute Gasteiger partial charge is 0.431 e. The van der Waals surface area contributed by atoms with Crippen LogP contribution in [0.3, 0.4) is 0 Å². The molecule has 1 amide bonds. The molecule has 2 aromatic heterocycles. The Hall–Kier alpha value is -3.54. The summed E-state index contributed by atoms with van der Waals surface area (Å²) in [5.74, 6) is -1.04. The normalized spacial score (nSPS) is 10.6. The fraction of sp³-hybridized carbons (Fsp3) is 0. The first-order valence-electron chi connectivity index (χ1n) is 9.07. The predicted octanol–water partition coefficient (Wildman–Crippen LogP) is 5.55. The van der Waals surface area contributed by atoms with Crippen LogP contribution < -0.4 is 15.6 Å². The highest BCUT2D eigenvalue weighted by Gasteiger charge is 2.26. The van der Waals surface area contributed by atoms with Crippen molar-refractivity contribution in [2.24, 2.45) is 0 Å². The molecule has 2 heterocycles. The Morgan fingerprint density at radius 3 is 2.70 bits per heavy atom. The molecule has 33 heavy (non-hydrogen) atoms. The van der Waals surface area contributed by atoms with Crippen LogP contribution in [0.4, 0.5) is 11.5 Å². The number of amides is 1. The lowest BCUT2D eigenvalue weighted by molar-refractivity contribution is -0.385. The van der Waals surface area contributed by atoms with Gasteiger partial charge >= 0.3 is 11.6 Å². The Morgan fingerprint density at radius 2 is 1.94 bits per heavy atom. The van der Waals surface area contributed by atoms with Crippen molar-refractivity contribution in [3.05, 3.63) is 85.2 Å². The molecule has 0 aliphatic carbocycles. The molecule has 0 aliphatic rings. The molecule has 2 N–H and O–H groups in total. The van der Waals surface area contributed by atoms with Crippen LogP contribution in [0.2, 0.25) is 10.0 Å². The Labute approximate surface area is 204 Å². The van der Waals surface area contributed by atoms with Crippen molar-refractivity contribution < 1.29 is 14.5 Å². The molecule has 0 spiro atoms. The number of hydrogen-bond acceptors (Lipinski definition) is 8. The van der Waals surface area contributed by atoms with Gasteiger partial charge in [0.05, 0.1) is 15.5 Å². The van der Waals surface area contributed by atoms with Crippen LogP contribution in [0.25, 0.3) is 10.9 Å². The molecule has 0 saturated heterocycles. The maximum Gasteiger partial charge on any atom is 0.374 e. The van der Waals surface area contributed by atoms with Crippen LogP contribution in [0, 0.1) is 10.1 Å². The second-order valence-electron chi connectivity index (χ2n) is 6.38. The van der Waals surface area contributed by atoms with Crippen molar-refractivity contribution >= 4 is 67.4 Å². The standard InChI is InChI=1S/C20H11BrCl2N6O4/c21-13-5-6-15(16-11(13)2-1-7-24-16)33-20-17(29(31)32)18(25-9-26-20)27-28-19(30)12-4-3-10(22)8-14(12)23/h1-9H,(H,28,30)(H,25,26,27). The van der Waals surface area contributed by atoms with E-state index in [1.165, 1.54) is 18.2 Å². The van der Waals surface area contributed by atoms with Crippen molar-refractivity contribution in [1.29, 1.82) is 0 Å². The maximum absolute atomic E-state index is 12.4. The summed E-state index contributed by atoms with van der Waals surface area (Å²) in [6, 6.07) is 11.2. The van der Waals surface area contributed by atoms with Gasteiger partial charge in [-0.1, -0.05) is 45.2 Å². The third-order valence-corrected chi connectivity index (χ3v) is 5.57. The molecule has 0 radical (unpaired) electrons. The van der Waals surface area contributed by atoms with E-state index in [-0.39, 0.29) is 28.0 Å². The number of ether oxygens (including phenoxy) is 1. The van der Waals surface area contributed by atoms with Crippen molar-refractivity contribution in [3.63, 3.8) is 0 Å². The smallest absolute Gasteiger partial charge is 0.374 e. The maximum atomic E-state index is 12.4. The number of nitro groups is 1.